The molecule has 0 unspecified atom stereocenters. The fourth-order valence-electron chi connectivity index (χ4n) is 2.55. The lowest BCUT2D eigenvalue weighted by Crippen LogP contribution is -2.43. The van der Waals surface area contributed by atoms with Crippen LogP contribution in [0.3, 0.4) is 0 Å². The number of amides is 1. The minimum atomic E-state index is 0.323. The van der Waals surface area contributed by atoms with Gasteiger partial charge in [0, 0.05) is 19.0 Å². The van der Waals surface area contributed by atoms with Crippen molar-refractivity contribution in [3.8, 4) is 0 Å². The Labute approximate surface area is 106 Å². The third-order valence-corrected chi connectivity index (χ3v) is 3.62. The van der Waals surface area contributed by atoms with Gasteiger partial charge in [-0.15, -0.1) is 0 Å². The highest BCUT2D eigenvalue weighted by Crippen LogP contribution is 2.23. The number of rotatable bonds is 6. The summed E-state index contributed by atoms with van der Waals surface area (Å²) in [6.07, 6.45) is 7.51. The quantitative estimate of drug-likeness (QED) is 0.775. The van der Waals surface area contributed by atoms with Crippen LogP contribution in [0.25, 0.3) is 0 Å². The lowest BCUT2D eigenvalue weighted by Gasteiger charge is -2.36. The molecule has 100 valence electrons. The molecule has 0 aromatic carbocycles. The van der Waals surface area contributed by atoms with E-state index in [1.807, 2.05) is 0 Å². The molecule has 0 spiro atoms. The number of hydrogen-bond donors (Lipinski definition) is 1. The van der Waals surface area contributed by atoms with Crippen LogP contribution in [0.4, 0.5) is 0 Å². The van der Waals surface area contributed by atoms with Gasteiger partial charge in [0.15, 0.2) is 0 Å². The minimum absolute atomic E-state index is 0.323. The number of piperidine rings is 1. The average Bonchev–Trinajstić information content (AvgIpc) is 2.33. The van der Waals surface area contributed by atoms with E-state index in [-0.39, 0.29) is 0 Å². The average molecular weight is 240 g/mol. The maximum Gasteiger partial charge on any atom is 0.222 e. The zero-order valence-corrected chi connectivity index (χ0v) is 11.5. The molecule has 0 aromatic rings. The number of nitrogens with two attached hydrogens (primary N) is 1. The Hall–Kier alpha value is -0.570. The van der Waals surface area contributed by atoms with E-state index in [1.165, 1.54) is 32.1 Å². The van der Waals surface area contributed by atoms with Crippen LogP contribution in [0.15, 0.2) is 0 Å². The molecular weight excluding hydrogens is 212 g/mol. The molecule has 1 fully saturated rings. The Bertz CT molecular complexity index is 228. The topological polar surface area (TPSA) is 46.3 Å². The van der Waals surface area contributed by atoms with E-state index in [0.29, 0.717) is 24.9 Å². The smallest absolute Gasteiger partial charge is 0.222 e. The summed E-state index contributed by atoms with van der Waals surface area (Å²) in [5.41, 5.74) is 5.47. The molecule has 1 heterocycles. The fraction of sp³-hybridized carbons (Fsp3) is 0.929. The van der Waals surface area contributed by atoms with Crippen LogP contribution in [0.2, 0.25) is 0 Å². The standard InChI is InChI=1S/C14H28N2O/c1-12(2)8-9-13-6-3-4-11-16(13)14(17)7-5-10-15/h12-13H,3-11,15H2,1-2H3/t13-/m0/s1. The van der Waals surface area contributed by atoms with Crippen molar-refractivity contribution in [2.24, 2.45) is 11.7 Å². The third-order valence-electron chi connectivity index (χ3n) is 3.62. The zero-order chi connectivity index (χ0) is 12.7. The normalized spacial score (nSPS) is 20.9. The number of carbonyl (C=O) groups excluding carboxylic acids is 1. The second kappa shape index (κ2) is 7.70. The molecule has 0 radical (unpaired) electrons. The van der Waals surface area contributed by atoms with E-state index in [9.17, 15) is 4.79 Å². The molecule has 2 N–H and O–H groups in total. The van der Waals surface area contributed by atoms with Gasteiger partial charge in [0.2, 0.25) is 5.91 Å². The van der Waals surface area contributed by atoms with Crippen LogP contribution in [0.1, 0.15) is 58.8 Å². The molecule has 1 aliphatic heterocycles. The Morgan fingerprint density at radius 3 is 2.82 bits per heavy atom. The van der Waals surface area contributed by atoms with Gasteiger partial charge in [0.05, 0.1) is 0 Å². The van der Waals surface area contributed by atoms with E-state index in [1.54, 1.807) is 0 Å². The van der Waals surface area contributed by atoms with Crippen molar-refractivity contribution < 1.29 is 4.79 Å². The Kier molecular flexibility index (Phi) is 6.56. The number of likely N-dealkylation sites (tertiary alicyclic amines) is 1. The van der Waals surface area contributed by atoms with E-state index in [0.717, 1.165) is 18.9 Å². The van der Waals surface area contributed by atoms with E-state index >= 15 is 0 Å². The molecule has 1 saturated heterocycles. The monoisotopic (exact) mass is 240 g/mol. The molecular formula is C14H28N2O. The summed E-state index contributed by atoms with van der Waals surface area (Å²) in [5, 5.41) is 0. The van der Waals surface area contributed by atoms with E-state index < -0.39 is 0 Å². The second-order valence-electron chi connectivity index (χ2n) is 5.60. The van der Waals surface area contributed by atoms with Gasteiger partial charge >= 0.3 is 0 Å². The summed E-state index contributed by atoms with van der Waals surface area (Å²) in [6, 6.07) is 0.497. The Morgan fingerprint density at radius 1 is 1.41 bits per heavy atom. The SMILES string of the molecule is CC(C)CC[C@@H]1CCCCN1C(=O)CCCN. The summed E-state index contributed by atoms with van der Waals surface area (Å²) in [7, 11) is 0. The van der Waals surface area contributed by atoms with Gasteiger partial charge in [-0.3, -0.25) is 4.79 Å². The van der Waals surface area contributed by atoms with Crippen LogP contribution in [0.5, 0.6) is 0 Å². The highest BCUT2D eigenvalue weighted by atomic mass is 16.2. The summed E-state index contributed by atoms with van der Waals surface area (Å²) in [4.78, 5) is 14.2. The van der Waals surface area contributed by atoms with Gasteiger partial charge in [-0.05, 0) is 51.0 Å². The summed E-state index contributed by atoms with van der Waals surface area (Å²) in [6.45, 7) is 6.09. The third kappa shape index (κ3) is 5.07. The molecule has 0 saturated carbocycles. The van der Waals surface area contributed by atoms with Gasteiger partial charge < -0.3 is 10.6 Å². The molecule has 0 bridgehead atoms. The largest absolute Gasteiger partial charge is 0.340 e. The van der Waals surface area contributed by atoms with Gasteiger partial charge in [0.25, 0.3) is 0 Å². The molecule has 3 nitrogen and oxygen atoms in total. The summed E-state index contributed by atoms with van der Waals surface area (Å²) in [5.74, 6) is 1.06. The van der Waals surface area contributed by atoms with Crippen LogP contribution in [0, 0.1) is 5.92 Å². The molecule has 1 aliphatic rings. The lowest BCUT2D eigenvalue weighted by molar-refractivity contribution is -0.135. The highest BCUT2D eigenvalue weighted by molar-refractivity contribution is 5.76. The van der Waals surface area contributed by atoms with E-state index in [2.05, 4.69) is 18.7 Å². The Balaban J connectivity index is 2.44. The van der Waals surface area contributed by atoms with Crippen LogP contribution >= 0.6 is 0 Å². The Morgan fingerprint density at radius 2 is 2.18 bits per heavy atom. The van der Waals surface area contributed by atoms with Crippen molar-refractivity contribution in [1.29, 1.82) is 0 Å². The minimum Gasteiger partial charge on any atom is -0.340 e. The highest BCUT2D eigenvalue weighted by Gasteiger charge is 2.25. The summed E-state index contributed by atoms with van der Waals surface area (Å²) >= 11 is 0. The number of carbonyl (C=O) groups is 1. The van der Waals surface area contributed by atoms with Crippen LogP contribution < -0.4 is 5.73 Å². The predicted octanol–water partition coefficient (Wildman–Crippen LogP) is 2.54. The van der Waals surface area contributed by atoms with Crippen molar-refractivity contribution in [2.75, 3.05) is 13.1 Å². The van der Waals surface area contributed by atoms with Crippen molar-refractivity contribution in [3.63, 3.8) is 0 Å². The summed E-state index contributed by atoms with van der Waals surface area (Å²) < 4.78 is 0. The van der Waals surface area contributed by atoms with E-state index in [4.69, 9.17) is 5.73 Å². The number of nitrogens with zero attached hydrogens (tertiary/aromatic N) is 1. The van der Waals surface area contributed by atoms with Gasteiger partial charge in [0.1, 0.15) is 0 Å². The molecule has 0 aliphatic carbocycles. The first-order chi connectivity index (χ1) is 8.15. The maximum atomic E-state index is 12.1. The second-order valence-corrected chi connectivity index (χ2v) is 5.60. The van der Waals surface area contributed by atoms with Gasteiger partial charge in [-0.1, -0.05) is 13.8 Å². The van der Waals surface area contributed by atoms with Crippen molar-refractivity contribution in [1.82, 2.24) is 4.90 Å². The molecule has 17 heavy (non-hydrogen) atoms. The fourth-order valence-corrected chi connectivity index (χ4v) is 2.55. The molecule has 3 heteroatoms. The van der Waals surface area contributed by atoms with Gasteiger partial charge in [-0.2, -0.15) is 0 Å². The van der Waals surface area contributed by atoms with Crippen molar-refractivity contribution in [2.45, 2.75) is 64.8 Å². The van der Waals surface area contributed by atoms with Crippen LogP contribution in [-0.4, -0.2) is 29.9 Å². The maximum absolute atomic E-state index is 12.1. The lowest BCUT2D eigenvalue weighted by atomic mass is 9.94. The first kappa shape index (κ1) is 14.5. The first-order valence-corrected chi connectivity index (χ1v) is 7.14. The van der Waals surface area contributed by atoms with Crippen LogP contribution in [-0.2, 0) is 4.79 Å². The van der Waals surface area contributed by atoms with Crippen molar-refractivity contribution in [3.05, 3.63) is 0 Å². The first-order valence-electron chi connectivity index (χ1n) is 7.14. The molecule has 1 amide bonds. The van der Waals surface area contributed by atoms with Crippen molar-refractivity contribution >= 4 is 5.91 Å². The molecule has 1 atom stereocenters. The zero-order valence-electron chi connectivity index (χ0n) is 11.5. The van der Waals surface area contributed by atoms with Gasteiger partial charge in [-0.25, -0.2) is 0 Å². The molecule has 1 rings (SSSR count). The molecule has 0 aromatic heterocycles. The predicted molar refractivity (Wildman–Crippen MR) is 71.7 cm³/mol. The number of hydrogen-bond acceptors (Lipinski definition) is 2.